The van der Waals surface area contributed by atoms with Crippen LogP contribution in [0.2, 0.25) is 0 Å². The molecule has 0 radical (unpaired) electrons. The van der Waals surface area contributed by atoms with Crippen molar-refractivity contribution in [1.29, 1.82) is 0 Å². The number of rotatable bonds is 14. The van der Waals surface area contributed by atoms with E-state index in [1.807, 2.05) is 0 Å². The van der Waals surface area contributed by atoms with Crippen LogP contribution in [-0.4, -0.2) is 98.4 Å². The number of nitrogens with zero attached hydrogens (tertiary/aromatic N) is 4. The molecule has 0 saturated carbocycles. The van der Waals surface area contributed by atoms with Crippen LogP contribution in [-0.2, 0) is 35.7 Å². The maximum atomic E-state index is 5.55. The zero-order chi connectivity index (χ0) is 27.2. The van der Waals surface area contributed by atoms with Crippen molar-refractivity contribution in [3.63, 3.8) is 0 Å². The van der Waals surface area contributed by atoms with Gasteiger partial charge in [0.25, 0.3) is 0 Å². The van der Waals surface area contributed by atoms with Crippen LogP contribution in [0.25, 0.3) is 0 Å². The van der Waals surface area contributed by atoms with Crippen LogP contribution in [0.3, 0.4) is 0 Å². The molecule has 6 heteroatoms. The summed E-state index contributed by atoms with van der Waals surface area (Å²) in [5.41, 5.74) is 5.50. The van der Waals surface area contributed by atoms with E-state index in [-0.39, 0.29) is 0 Å². The third kappa shape index (κ3) is 9.81. The molecule has 6 nitrogen and oxygen atoms in total. The Hall–Kier alpha value is -2.58. The summed E-state index contributed by atoms with van der Waals surface area (Å²) in [6.07, 6.45) is 0. The van der Waals surface area contributed by atoms with E-state index in [2.05, 4.69) is 105 Å². The van der Waals surface area contributed by atoms with Crippen molar-refractivity contribution < 1.29 is 9.47 Å². The summed E-state index contributed by atoms with van der Waals surface area (Å²) < 4.78 is 11.1. The molecule has 0 aliphatic carbocycles. The normalized spacial score (nSPS) is 17.1. The summed E-state index contributed by atoms with van der Waals surface area (Å²) in [5, 5.41) is 0. The zero-order valence-electron chi connectivity index (χ0n) is 24.0. The van der Waals surface area contributed by atoms with Gasteiger partial charge in [-0.05, 0) is 22.3 Å². The van der Waals surface area contributed by atoms with Crippen molar-refractivity contribution in [2.24, 2.45) is 0 Å². The molecule has 0 unspecified atom stereocenters. The van der Waals surface area contributed by atoms with Crippen LogP contribution in [0.4, 0.5) is 0 Å². The molecule has 5 rings (SSSR count). The van der Waals surface area contributed by atoms with Crippen molar-refractivity contribution in [2.75, 3.05) is 78.8 Å². The fourth-order valence-electron chi connectivity index (χ4n) is 5.59. The highest BCUT2D eigenvalue weighted by Crippen LogP contribution is 2.15. The molecule has 0 amide bonds. The minimum atomic E-state index is 0.855. The lowest BCUT2D eigenvalue weighted by Gasteiger charge is -2.30. The minimum Gasteiger partial charge on any atom is -0.379 e. The largest absolute Gasteiger partial charge is 0.379 e. The zero-order valence-corrected chi connectivity index (χ0v) is 24.0. The van der Waals surface area contributed by atoms with Crippen LogP contribution in [0.15, 0.2) is 84.9 Å². The topological polar surface area (TPSA) is 31.4 Å². The molecule has 40 heavy (non-hydrogen) atoms. The molecule has 2 fully saturated rings. The van der Waals surface area contributed by atoms with Crippen molar-refractivity contribution in [3.8, 4) is 0 Å². The first-order chi connectivity index (χ1) is 19.8. The van der Waals surface area contributed by atoms with Gasteiger partial charge in [-0.3, -0.25) is 19.6 Å². The van der Waals surface area contributed by atoms with Gasteiger partial charge in [0, 0.05) is 78.5 Å². The van der Waals surface area contributed by atoms with Crippen LogP contribution in [0, 0.1) is 0 Å². The molecule has 3 aromatic carbocycles. The Balaban J connectivity index is 1.19. The van der Waals surface area contributed by atoms with Gasteiger partial charge in [-0.25, -0.2) is 0 Å². The van der Waals surface area contributed by atoms with Gasteiger partial charge < -0.3 is 9.47 Å². The second-order valence-corrected chi connectivity index (χ2v) is 11.1. The second kappa shape index (κ2) is 16.0. The fourth-order valence-corrected chi connectivity index (χ4v) is 5.59. The molecule has 0 aromatic heterocycles. The Bertz CT molecular complexity index is 995. The quantitative estimate of drug-likeness (QED) is 0.301. The Morgan fingerprint density at radius 2 is 0.775 bits per heavy atom. The van der Waals surface area contributed by atoms with E-state index in [1.165, 1.54) is 22.3 Å². The monoisotopic (exact) mass is 542 g/mol. The third-order valence-electron chi connectivity index (χ3n) is 8.01. The lowest BCUT2D eigenvalue weighted by atomic mass is 10.1. The molecule has 214 valence electrons. The van der Waals surface area contributed by atoms with Crippen LogP contribution in [0.5, 0.6) is 0 Å². The van der Waals surface area contributed by atoms with Crippen LogP contribution in [0.1, 0.15) is 22.3 Å². The predicted molar refractivity (Wildman–Crippen MR) is 162 cm³/mol. The highest BCUT2D eigenvalue weighted by molar-refractivity contribution is 5.23. The van der Waals surface area contributed by atoms with E-state index in [0.29, 0.717) is 0 Å². The number of hydrogen-bond acceptors (Lipinski definition) is 6. The van der Waals surface area contributed by atoms with E-state index in [0.717, 1.165) is 105 Å². The van der Waals surface area contributed by atoms with E-state index >= 15 is 0 Å². The Morgan fingerprint density at radius 1 is 0.450 bits per heavy atom. The number of ether oxygens (including phenoxy) is 2. The predicted octanol–water partition coefficient (Wildman–Crippen LogP) is 4.36. The maximum absolute atomic E-state index is 5.55. The molecule has 0 spiro atoms. The molecule has 2 aliphatic heterocycles. The van der Waals surface area contributed by atoms with Crippen molar-refractivity contribution in [1.82, 2.24) is 19.6 Å². The number of morpholine rings is 2. The first-order valence-electron chi connectivity index (χ1n) is 15.0. The smallest absolute Gasteiger partial charge is 0.0594 e. The average Bonchev–Trinajstić information content (AvgIpc) is 3.02. The summed E-state index contributed by atoms with van der Waals surface area (Å²) in [5.74, 6) is 0. The molecule has 2 aliphatic rings. The minimum absolute atomic E-state index is 0.855. The lowest BCUT2D eigenvalue weighted by Crippen LogP contribution is -2.41. The third-order valence-corrected chi connectivity index (χ3v) is 8.01. The summed E-state index contributed by atoms with van der Waals surface area (Å²) in [4.78, 5) is 10.2. The molecule has 0 N–H and O–H groups in total. The first-order valence-corrected chi connectivity index (χ1v) is 15.0. The first kappa shape index (κ1) is 28.9. The van der Waals surface area contributed by atoms with Crippen molar-refractivity contribution in [2.45, 2.75) is 26.2 Å². The van der Waals surface area contributed by atoms with Crippen molar-refractivity contribution >= 4 is 0 Å². The SMILES string of the molecule is c1ccc(CN(CCN2CCOCC2)Cc2ccc(CN(CCN3CCOCC3)Cc3ccccc3)cc2)cc1. The molecule has 2 heterocycles. The van der Waals surface area contributed by atoms with Gasteiger partial charge in [-0.2, -0.15) is 0 Å². The van der Waals surface area contributed by atoms with Gasteiger partial charge in [0.1, 0.15) is 0 Å². The van der Waals surface area contributed by atoms with Gasteiger partial charge in [-0.1, -0.05) is 84.9 Å². The molecular formula is C34H46N4O2. The highest BCUT2D eigenvalue weighted by Gasteiger charge is 2.15. The molecule has 0 bridgehead atoms. The van der Waals surface area contributed by atoms with Gasteiger partial charge in [0.15, 0.2) is 0 Å². The molecule has 3 aromatic rings. The Kier molecular flexibility index (Phi) is 11.6. The highest BCUT2D eigenvalue weighted by atomic mass is 16.5. The Labute approximate surface area is 241 Å². The average molecular weight is 543 g/mol. The van der Waals surface area contributed by atoms with Crippen molar-refractivity contribution in [3.05, 3.63) is 107 Å². The van der Waals surface area contributed by atoms with Crippen LogP contribution < -0.4 is 0 Å². The molecular weight excluding hydrogens is 496 g/mol. The Morgan fingerprint density at radius 3 is 1.12 bits per heavy atom. The van der Waals surface area contributed by atoms with E-state index in [1.54, 1.807) is 0 Å². The van der Waals surface area contributed by atoms with Gasteiger partial charge in [0.05, 0.1) is 26.4 Å². The molecule has 2 saturated heterocycles. The second-order valence-electron chi connectivity index (χ2n) is 11.1. The standard InChI is InChI=1S/C34H46N4O2/c1-3-7-31(8-4-1)27-37(17-15-35-19-23-39-24-20-35)29-33-11-13-34(14-12-33)30-38(28-32-9-5-2-6-10-32)18-16-36-21-25-40-26-22-36/h1-14H,15-30H2. The van der Waals surface area contributed by atoms with E-state index < -0.39 is 0 Å². The lowest BCUT2D eigenvalue weighted by molar-refractivity contribution is 0.0324. The summed E-state index contributed by atoms with van der Waals surface area (Å²) in [6.45, 7) is 15.7. The van der Waals surface area contributed by atoms with E-state index in [9.17, 15) is 0 Å². The van der Waals surface area contributed by atoms with Gasteiger partial charge in [0.2, 0.25) is 0 Å². The summed E-state index contributed by atoms with van der Waals surface area (Å²) >= 11 is 0. The van der Waals surface area contributed by atoms with E-state index in [4.69, 9.17) is 9.47 Å². The number of hydrogen-bond donors (Lipinski definition) is 0. The van der Waals surface area contributed by atoms with Gasteiger partial charge >= 0.3 is 0 Å². The van der Waals surface area contributed by atoms with Gasteiger partial charge in [-0.15, -0.1) is 0 Å². The summed E-state index contributed by atoms with van der Waals surface area (Å²) in [6, 6.07) is 31.1. The summed E-state index contributed by atoms with van der Waals surface area (Å²) in [7, 11) is 0. The molecule has 0 atom stereocenters. The maximum Gasteiger partial charge on any atom is 0.0594 e. The van der Waals surface area contributed by atoms with Crippen LogP contribution >= 0.6 is 0 Å². The fraction of sp³-hybridized carbons (Fsp3) is 0.471. The number of benzene rings is 3.